The predicted octanol–water partition coefficient (Wildman–Crippen LogP) is 4.18. The van der Waals surface area contributed by atoms with Gasteiger partial charge in [0.1, 0.15) is 22.4 Å². The number of rotatable bonds is 5. The van der Waals surface area contributed by atoms with Crippen LogP contribution in [0.3, 0.4) is 0 Å². The Bertz CT molecular complexity index is 1070. The van der Waals surface area contributed by atoms with Crippen LogP contribution in [0.5, 0.6) is 5.75 Å². The first-order valence-corrected chi connectivity index (χ1v) is 11.3. The molecule has 4 rings (SSSR count). The highest BCUT2D eigenvalue weighted by molar-refractivity contribution is 7.99. The number of methoxy groups -OCH3 is 1. The smallest absolute Gasteiger partial charge is 0.267 e. The maximum atomic E-state index is 13.2. The molecule has 1 aliphatic heterocycles. The Morgan fingerprint density at radius 1 is 1.20 bits per heavy atom. The molecule has 2 aromatic heterocycles. The molecule has 0 spiro atoms. The normalized spacial score (nSPS) is 16.0. The van der Waals surface area contributed by atoms with Crippen molar-refractivity contribution >= 4 is 40.6 Å². The van der Waals surface area contributed by atoms with Crippen LogP contribution in [-0.4, -0.2) is 46.5 Å². The minimum Gasteiger partial charge on any atom is -0.497 e. The third-order valence-electron chi connectivity index (χ3n) is 4.75. The SMILES string of the molecule is COc1ccc(NC(=O)C2CSCN2C(=O)c2sc(-c3ccc(C)o3)nc2C)cc1. The number of nitrogens with zero attached hydrogens (tertiary/aromatic N) is 2. The molecule has 1 atom stereocenters. The van der Waals surface area contributed by atoms with Crippen molar-refractivity contribution in [2.75, 3.05) is 24.1 Å². The second-order valence-corrected chi connectivity index (χ2v) is 8.85. The lowest BCUT2D eigenvalue weighted by molar-refractivity contribution is -0.119. The largest absolute Gasteiger partial charge is 0.497 e. The highest BCUT2D eigenvalue weighted by atomic mass is 32.2. The number of hydrogen-bond donors (Lipinski definition) is 1. The van der Waals surface area contributed by atoms with Gasteiger partial charge < -0.3 is 19.4 Å². The van der Waals surface area contributed by atoms with Crippen LogP contribution in [0.4, 0.5) is 5.69 Å². The van der Waals surface area contributed by atoms with Crippen molar-refractivity contribution in [2.45, 2.75) is 19.9 Å². The van der Waals surface area contributed by atoms with E-state index in [2.05, 4.69) is 10.3 Å². The molecule has 3 heterocycles. The van der Waals surface area contributed by atoms with E-state index in [1.165, 1.54) is 11.3 Å². The lowest BCUT2D eigenvalue weighted by Crippen LogP contribution is -2.44. The number of hydrogen-bond acceptors (Lipinski definition) is 7. The van der Waals surface area contributed by atoms with Gasteiger partial charge >= 0.3 is 0 Å². The summed E-state index contributed by atoms with van der Waals surface area (Å²) in [5, 5.41) is 3.55. The van der Waals surface area contributed by atoms with Gasteiger partial charge in [0.2, 0.25) is 5.91 Å². The molecule has 1 unspecified atom stereocenters. The Balaban J connectivity index is 1.50. The number of thioether (sulfide) groups is 1. The standard InChI is InChI=1S/C21H21N3O4S2/c1-12-4-9-17(28-12)20-22-13(2)18(30-20)21(26)24-11-29-10-16(24)19(25)23-14-5-7-15(27-3)8-6-14/h4-9,16H,10-11H2,1-3H3,(H,23,25). The molecule has 0 aliphatic carbocycles. The number of aromatic nitrogens is 1. The lowest BCUT2D eigenvalue weighted by atomic mass is 10.2. The number of aryl methyl sites for hydroxylation is 2. The van der Waals surface area contributed by atoms with Crippen LogP contribution in [-0.2, 0) is 4.79 Å². The number of amides is 2. The highest BCUT2D eigenvalue weighted by Crippen LogP contribution is 2.32. The maximum absolute atomic E-state index is 13.2. The van der Waals surface area contributed by atoms with Crippen molar-refractivity contribution in [2.24, 2.45) is 0 Å². The first-order valence-electron chi connectivity index (χ1n) is 9.34. The van der Waals surface area contributed by atoms with Gasteiger partial charge in [0.25, 0.3) is 5.91 Å². The summed E-state index contributed by atoms with van der Waals surface area (Å²) >= 11 is 2.85. The quantitative estimate of drug-likeness (QED) is 0.637. The molecule has 1 aromatic carbocycles. The van der Waals surface area contributed by atoms with Gasteiger partial charge in [0.05, 0.1) is 18.7 Å². The van der Waals surface area contributed by atoms with Gasteiger partial charge in [-0.15, -0.1) is 23.1 Å². The van der Waals surface area contributed by atoms with E-state index >= 15 is 0 Å². The van der Waals surface area contributed by atoms with Gasteiger partial charge in [-0.25, -0.2) is 4.98 Å². The number of carbonyl (C=O) groups is 2. The summed E-state index contributed by atoms with van der Waals surface area (Å²) in [5.41, 5.74) is 1.30. The summed E-state index contributed by atoms with van der Waals surface area (Å²) in [6, 6.07) is 10.3. The lowest BCUT2D eigenvalue weighted by Gasteiger charge is -2.22. The van der Waals surface area contributed by atoms with Gasteiger partial charge in [0.15, 0.2) is 10.8 Å². The van der Waals surface area contributed by atoms with Crippen molar-refractivity contribution in [1.82, 2.24) is 9.88 Å². The third-order valence-corrected chi connectivity index (χ3v) is 6.92. The monoisotopic (exact) mass is 443 g/mol. The molecular weight excluding hydrogens is 422 g/mol. The van der Waals surface area contributed by atoms with Gasteiger partial charge in [-0.1, -0.05) is 0 Å². The van der Waals surface area contributed by atoms with E-state index in [0.717, 1.165) is 5.76 Å². The summed E-state index contributed by atoms with van der Waals surface area (Å²) in [7, 11) is 1.59. The van der Waals surface area contributed by atoms with E-state index in [1.54, 1.807) is 55.0 Å². The zero-order valence-corrected chi connectivity index (χ0v) is 18.4. The molecule has 3 aromatic rings. The number of carbonyl (C=O) groups excluding carboxylic acids is 2. The molecule has 156 valence electrons. The van der Waals surface area contributed by atoms with Crippen LogP contribution < -0.4 is 10.1 Å². The van der Waals surface area contributed by atoms with Gasteiger partial charge in [0, 0.05) is 11.4 Å². The van der Waals surface area contributed by atoms with Gasteiger partial charge in [-0.05, 0) is 50.2 Å². The first-order chi connectivity index (χ1) is 14.5. The molecule has 1 aliphatic rings. The minimum absolute atomic E-state index is 0.181. The van der Waals surface area contributed by atoms with E-state index in [4.69, 9.17) is 9.15 Å². The molecule has 1 fully saturated rings. The summed E-state index contributed by atoms with van der Waals surface area (Å²) < 4.78 is 10.8. The van der Waals surface area contributed by atoms with Crippen LogP contribution in [0.15, 0.2) is 40.8 Å². The average molecular weight is 444 g/mol. The number of ether oxygens (including phenoxy) is 1. The summed E-state index contributed by atoms with van der Waals surface area (Å²) in [6.45, 7) is 3.67. The molecule has 7 nitrogen and oxygen atoms in total. The van der Waals surface area contributed by atoms with Crippen molar-refractivity contribution in [3.05, 3.63) is 52.7 Å². The topological polar surface area (TPSA) is 84.7 Å². The number of furan rings is 1. The number of benzene rings is 1. The highest BCUT2D eigenvalue weighted by Gasteiger charge is 2.36. The third kappa shape index (κ3) is 4.08. The molecule has 0 radical (unpaired) electrons. The molecule has 0 saturated carbocycles. The summed E-state index contributed by atoms with van der Waals surface area (Å²) in [6.07, 6.45) is 0. The summed E-state index contributed by atoms with van der Waals surface area (Å²) in [5.74, 6) is 2.77. The fourth-order valence-electron chi connectivity index (χ4n) is 3.14. The molecule has 9 heteroatoms. The Morgan fingerprint density at radius 3 is 2.63 bits per heavy atom. The Morgan fingerprint density at radius 2 is 1.97 bits per heavy atom. The Labute approximate surface area is 182 Å². The molecule has 0 bridgehead atoms. The zero-order chi connectivity index (χ0) is 21.3. The maximum Gasteiger partial charge on any atom is 0.267 e. The average Bonchev–Trinajstić information content (AvgIpc) is 3.47. The van der Waals surface area contributed by atoms with E-state index in [0.29, 0.717) is 44.4 Å². The van der Waals surface area contributed by atoms with Crippen LogP contribution in [0.25, 0.3) is 10.8 Å². The van der Waals surface area contributed by atoms with Crippen LogP contribution in [0.2, 0.25) is 0 Å². The number of thiazole rings is 1. The molecule has 30 heavy (non-hydrogen) atoms. The number of nitrogens with one attached hydrogen (secondary N) is 1. The van der Waals surface area contributed by atoms with Gasteiger partial charge in [-0.2, -0.15) is 0 Å². The van der Waals surface area contributed by atoms with Crippen molar-refractivity contribution < 1.29 is 18.7 Å². The van der Waals surface area contributed by atoms with E-state index in [9.17, 15) is 9.59 Å². The second-order valence-electron chi connectivity index (χ2n) is 6.85. The van der Waals surface area contributed by atoms with Gasteiger partial charge in [-0.3, -0.25) is 9.59 Å². The van der Waals surface area contributed by atoms with E-state index in [-0.39, 0.29) is 11.8 Å². The molecule has 1 N–H and O–H groups in total. The predicted molar refractivity (Wildman–Crippen MR) is 118 cm³/mol. The molecular formula is C21H21N3O4S2. The fraction of sp³-hybridized carbons (Fsp3) is 0.286. The zero-order valence-electron chi connectivity index (χ0n) is 16.8. The molecule has 2 amide bonds. The summed E-state index contributed by atoms with van der Waals surface area (Å²) in [4.78, 5) is 32.7. The van der Waals surface area contributed by atoms with Crippen molar-refractivity contribution in [3.8, 4) is 16.5 Å². The second kappa shape index (κ2) is 8.53. The van der Waals surface area contributed by atoms with Crippen molar-refractivity contribution in [3.63, 3.8) is 0 Å². The first kappa shape index (κ1) is 20.5. The number of anilines is 1. The van der Waals surface area contributed by atoms with E-state index < -0.39 is 6.04 Å². The van der Waals surface area contributed by atoms with Crippen LogP contribution in [0.1, 0.15) is 21.1 Å². The fourth-order valence-corrected chi connectivity index (χ4v) is 5.28. The van der Waals surface area contributed by atoms with Crippen LogP contribution >= 0.6 is 23.1 Å². The van der Waals surface area contributed by atoms with Crippen molar-refractivity contribution in [1.29, 1.82) is 0 Å². The molecule has 1 saturated heterocycles. The van der Waals surface area contributed by atoms with E-state index in [1.807, 2.05) is 19.1 Å². The Kier molecular flexibility index (Phi) is 5.83. The minimum atomic E-state index is -0.541. The Hall–Kier alpha value is -2.78. The van der Waals surface area contributed by atoms with Crippen LogP contribution in [0, 0.1) is 13.8 Å².